The molecule has 1 nitrogen and oxygen atoms in total. The summed E-state index contributed by atoms with van der Waals surface area (Å²) in [5, 5.41) is 0. The molecule has 0 aliphatic carbocycles. The minimum atomic E-state index is 0.430. The van der Waals surface area contributed by atoms with Crippen molar-refractivity contribution in [1.82, 2.24) is 0 Å². The Balaban J connectivity index is 3.03. The predicted octanol–water partition coefficient (Wildman–Crippen LogP) is 2.81. The van der Waals surface area contributed by atoms with Crippen molar-refractivity contribution in [2.45, 2.75) is 46.1 Å². The Hall–Kier alpha value is -0.0400. The van der Waals surface area contributed by atoms with Gasteiger partial charge < -0.3 is 4.74 Å². The van der Waals surface area contributed by atoms with Crippen LogP contribution in [0.5, 0.6) is 0 Å². The van der Waals surface area contributed by atoms with Gasteiger partial charge in [-0.25, -0.2) is 0 Å². The van der Waals surface area contributed by atoms with E-state index in [4.69, 9.17) is 4.74 Å². The lowest BCUT2D eigenvalue weighted by molar-refractivity contribution is 0.109. The van der Waals surface area contributed by atoms with Crippen molar-refractivity contribution in [2.75, 3.05) is 7.11 Å². The Labute approximate surface area is 64.8 Å². The third-order valence-electron chi connectivity index (χ3n) is 1.69. The molecule has 1 unspecified atom stereocenters. The van der Waals surface area contributed by atoms with Gasteiger partial charge in [-0.15, -0.1) is 0 Å². The highest BCUT2D eigenvalue weighted by Gasteiger charge is 1.99. The van der Waals surface area contributed by atoms with Crippen LogP contribution in [-0.4, -0.2) is 13.2 Å². The molecule has 0 N–H and O–H groups in total. The molecule has 10 heavy (non-hydrogen) atoms. The van der Waals surface area contributed by atoms with Gasteiger partial charge in [0.2, 0.25) is 0 Å². The van der Waals surface area contributed by atoms with Crippen LogP contribution in [0, 0.1) is 5.92 Å². The summed E-state index contributed by atoms with van der Waals surface area (Å²) < 4.78 is 5.12. The summed E-state index contributed by atoms with van der Waals surface area (Å²) in [6, 6.07) is 0. The normalized spacial score (nSPS) is 14.1. The number of ether oxygens (including phenoxy) is 1. The van der Waals surface area contributed by atoms with Crippen LogP contribution in [0.2, 0.25) is 0 Å². The highest BCUT2D eigenvalue weighted by Crippen LogP contribution is 2.10. The average Bonchev–Trinajstić information content (AvgIpc) is 1.87. The van der Waals surface area contributed by atoms with Crippen LogP contribution in [0.1, 0.15) is 40.0 Å². The number of methoxy groups -OCH3 is 1. The first-order valence-electron chi connectivity index (χ1n) is 3.98. The van der Waals surface area contributed by atoms with Gasteiger partial charge in [-0.3, -0.25) is 0 Å². The summed E-state index contributed by atoms with van der Waals surface area (Å²) in [6.45, 7) is 6.47. The van der Waals surface area contributed by atoms with Crippen molar-refractivity contribution < 1.29 is 4.74 Å². The van der Waals surface area contributed by atoms with Crippen LogP contribution in [0.4, 0.5) is 0 Å². The van der Waals surface area contributed by atoms with Gasteiger partial charge in [0.15, 0.2) is 0 Å². The summed E-state index contributed by atoms with van der Waals surface area (Å²) >= 11 is 0. The fourth-order valence-corrected chi connectivity index (χ4v) is 0.861. The molecule has 0 spiro atoms. The molecule has 0 aromatic rings. The molecule has 0 aliphatic rings. The lowest BCUT2D eigenvalue weighted by Crippen LogP contribution is -2.04. The van der Waals surface area contributed by atoms with Crippen molar-refractivity contribution >= 4 is 0 Å². The molecule has 0 amide bonds. The van der Waals surface area contributed by atoms with Crippen LogP contribution in [0.25, 0.3) is 0 Å². The highest BCUT2D eigenvalue weighted by molar-refractivity contribution is 4.76. The zero-order chi connectivity index (χ0) is 7.98. The van der Waals surface area contributed by atoms with Gasteiger partial charge >= 0.3 is 0 Å². The van der Waals surface area contributed by atoms with Crippen LogP contribution in [0.15, 0.2) is 0 Å². The summed E-state index contributed by atoms with van der Waals surface area (Å²) in [5.41, 5.74) is 0. The maximum atomic E-state index is 5.12. The molecule has 0 aromatic heterocycles. The minimum Gasteiger partial charge on any atom is -0.382 e. The zero-order valence-corrected chi connectivity index (χ0v) is 7.61. The lowest BCUT2D eigenvalue weighted by atomic mass is 10.1. The molecular formula is C9H19O. The maximum Gasteiger partial charge on any atom is 0.0543 e. The third kappa shape index (κ3) is 6.09. The zero-order valence-electron chi connectivity index (χ0n) is 7.61. The number of hydrogen-bond acceptors (Lipinski definition) is 1. The minimum absolute atomic E-state index is 0.430. The summed E-state index contributed by atoms with van der Waals surface area (Å²) in [6.07, 6.45) is 4.12. The quantitative estimate of drug-likeness (QED) is 0.575. The van der Waals surface area contributed by atoms with Crippen LogP contribution < -0.4 is 0 Å². The van der Waals surface area contributed by atoms with Gasteiger partial charge in [0.1, 0.15) is 0 Å². The summed E-state index contributed by atoms with van der Waals surface area (Å²) in [4.78, 5) is 0. The molecule has 0 aliphatic heterocycles. The predicted molar refractivity (Wildman–Crippen MR) is 44.9 cm³/mol. The number of rotatable bonds is 5. The molecule has 61 valence electrons. The first-order chi connectivity index (χ1) is 4.66. The second-order valence-electron chi connectivity index (χ2n) is 3.15. The van der Waals surface area contributed by atoms with Crippen molar-refractivity contribution in [1.29, 1.82) is 0 Å². The van der Waals surface area contributed by atoms with Crippen molar-refractivity contribution in [2.24, 2.45) is 0 Å². The van der Waals surface area contributed by atoms with E-state index in [2.05, 4.69) is 20.8 Å². The van der Waals surface area contributed by atoms with Crippen LogP contribution in [0.3, 0.4) is 0 Å². The van der Waals surface area contributed by atoms with Gasteiger partial charge in [0.05, 0.1) is 6.10 Å². The lowest BCUT2D eigenvalue weighted by Gasteiger charge is -2.09. The van der Waals surface area contributed by atoms with Crippen molar-refractivity contribution in [3.8, 4) is 0 Å². The maximum absolute atomic E-state index is 5.12. The largest absolute Gasteiger partial charge is 0.382 e. The average molecular weight is 143 g/mol. The van der Waals surface area contributed by atoms with Crippen molar-refractivity contribution in [3.63, 3.8) is 0 Å². The molecule has 1 atom stereocenters. The Morgan fingerprint density at radius 3 is 2.40 bits per heavy atom. The first-order valence-corrected chi connectivity index (χ1v) is 3.98. The Morgan fingerprint density at radius 1 is 1.40 bits per heavy atom. The van der Waals surface area contributed by atoms with Crippen LogP contribution >= 0.6 is 0 Å². The molecule has 0 fully saturated rings. The fraction of sp³-hybridized carbons (Fsp3) is 0.889. The van der Waals surface area contributed by atoms with Gasteiger partial charge in [-0.05, 0) is 25.7 Å². The molecule has 0 saturated carbocycles. The molecule has 0 bridgehead atoms. The van der Waals surface area contributed by atoms with E-state index in [1.165, 1.54) is 25.2 Å². The van der Waals surface area contributed by atoms with E-state index >= 15 is 0 Å². The smallest absolute Gasteiger partial charge is 0.0543 e. The van der Waals surface area contributed by atoms with E-state index in [-0.39, 0.29) is 0 Å². The Morgan fingerprint density at radius 2 is 2.00 bits per heavy atom. The Kier molecular flexibility index (Phi) is 5.70. The third-order valence-corrected chi connectivity index (χ3v) is 1.69. The van der Waals surface area contributed by atoms with E-state index in [1.807, 2.05) is 0 Å². The molecule has 0 aromatic carbocycles. The molecular weight excluding hydrogens is 124 g/mol. The van der Waals surface area contributed by atoms with E-state index in [1.54, 1.807) is 7.11 Å². The highest BCUT2D eigenvalue weighted by atomic mass is 16.5. The van der Waals surface area contributed by atoms with Gasteiger partial charge in [-0.1, -0.05) is 20.3 Å². The van der Waals surface area contributed by atoms with E-state index in [9.17, 15) is 0 Å². The van der Waals surface area contributed by atoms with E-state index in [0.29, 0.717) is 6.10 Å². The fourth-order valence-electron chi connectivity index (χ4n) is 0.861. The van der Waals surface area contributed by atoms with Gasteiger partial charge in [0.25, 0.3) is 0 Å². The molecule has 0 heterocycles. The Bertz CT molecular complexity index is 69.1. The summed E-state index contributed by atoms with van der Waals surface area (Å²) in [5.74, 6) is 1.52. The first kappa shape index (κ1) is 9.96. The number of hydrogen-bond donors (Lipinski definition) is 0. The molecule has 1 heteroatoms. The molecule has 1 radical (unpaired) electrons. The van der Waals surface area contributed by atoms with E-state index < -0.39 is 0 Å². The SMILES string of the molecule is COC(C)CCC[C](C)C. The van der Waals surface area contributed by atoms with Gasteiger partial charge in [0, 0.05) is 7.11 Å². The van der Waals surface area contributed by atoms with E-state index in [0.717, 1.165) is 0 Å². The second-order valence-corrected chi connectivity index (χ2v) is 3.15. The molecule has 0 saturated heterocycles. The molecule has 0 rings (SSSR count). The van der Waals surface area contributed by atoms with Gasteiger partial charge in [-0.2, -0.15) is 0 Å². The second kappa shape index (κ2) is 5.72. The van der Waals surface area contributed by atoms with Crippen molar-refractivity contribution in [3.05, 3.63) is 5.92 Å². The summed E-state index contributed by atoms with van der Waals surface area (Å²) in [7, 11) is 1.77. The monoisotopic (exact) mass is 143 g/mol. The van der Waals surface area contributed by atoms with Crippen LogP contribution in [-0.2, 0) is 4.74 Å². The standard InChI is InChI=1S/C9H19O/c1-8(2)6-5-7-9(3)10-4/h9H,5-7H2,1-4H3. The topological polar surface area (TPSA) is 9.23 Å².